The number of anilines is 2. The van der Waals surface area contributed by atoms with Crippen molar-refractivity contribution in [1.82, 2.24) is 9.97 Å². The minimum Gasteiger partial charge on any atom is -0.338 e. The molecule has 0 aliphatic heterocycles. The van der Waals surface area contributed by atoms with Gasteiger partial charge in [-0.05, 0) is 72.8 Å². The number of H-pyrrole nitrogens is 1. The van der Waals surface area contributed by atoms with Crippen LogP contribution in [-0.2, 0) is 4.79 Å². The number of aromatic amines is 1. The van der Waals surface area contributed by atoms with Crippen LogP contribution < -0.4 is 10.6 Å². The molecule has 4 aromatic rings. The summed E-state index contributed by atoms with van der Waals surface area (Å²) >= 11 is 0. The van der Waals surface area contributed by atoms with Crippen LogP contribution in [0.1, 0.15) is 21.7 Å². The van der Waals surface area contributed by atoms with Gasteiger partial charge in [0, 0.05) is 28.6 Å². The Kier molecular flexibility index (Phi) is 6.74. The third-order valence-electron chi connectivity index (χ3n) is 4.92. The molecular formula is C27H21FN4O2. The summed E-state index contributed by atoms with van der Waals surface area (Å²) in [5.41, 5.74) is 3.72. The van der Waals surface area contributed by atoms with E-state index in [4.69, 9.17) is 0 Å². The highest BCUT2D eigenvalue weighted by molar-refractivity contribution is 6.04. The third-order valence-corrected chi connectivity index (χ3v) is 4.92. The molecule has 0 atom stereocenters. The molecule has 6 nitrogen and oxygen atoms in total. The van der Waals surface area contributed by atoms with Crippen molar-refractivity contribution in [3.63, 3.8) is 0 Å². The maximum Gasteiger partial charge on any atom is 0.255 e. The number of hydrogen-bond acceptors (Lipinski definition) is 3. The molecule has 34 heavy (non-hydrogen) atoms. The number of hydrogen-bond donors (Lipinski definition) is 3. The molecule has 2 amide bonds. The van der Waals surface area contributed by atoms with Crippen molar-refractivity contribution >= 4 is 35.3 Å². The van der Waals surface area contributed by atoms with Gasteiger partial charge in [-0.3, -0.25) is 9.59 Å². The minimum atomic E-state index is -0.374. The number of aromatic nitrogens is 2. The van der Waals surface area contributed by atoms with Crippen LogP contribution in [0.15, 0.2) is 91.5 Å². The number of halogens is 1. The minimum absolute atomic E-state index is 0.188. The smallest absolute Gasteiger partial charge is 0.255 e. The average Bonchev–Trinajstić information content (AvgIpc) is 3.28. The second-order valence-corrected chi connectivity index (χ2v) is 7.32. The van der Waals surface area contributed by atoms with E-state index in [2.05, 4.69) is 27.2 Å². The van der Waals surface area contributed by atoms with Gasteiger partial charge in [-0.15, -0.1) is 0 Å². The third kappa shape index (κ3) is 5.52. The molecule has 4 rings (SSSR count). The predicted octanol–water partition coefficient (Wildman–Crippen LogP) is 5.76. The molecule has 3 N–H and O–H groups in total. The molecule has 0 fully saturated rings. The molecule has 1 aromatic heterocycles. The number of imidazole rings is 1. The van der Waals surface area contributed by atoms with Gasteiger partial charge >= 0.3 is 0 Å². The lowest BCUT2D eigenvalue weighted by Crippen LogP contribution is -2.11. The van der Waals surface area contributed by atoms with Crippen LogP contribution in [-0.4, -0.2) is 21.8 Å². The average molecular weight is 452 g/mol. The molecule has 0 saturated carbocycles. The first-order valence-corrected chi connectivity index (χ1v) is 10.5. The molecule has 0 aliphatic carbocycles. The second-order valence-electron chi connectivity index (χ2n) is 7.32. The van der Waals surface area contributed by atoms with Crippen LogP contribution in [0.25, 0.3) is 23.5 Å². The summed E-state index contributed by atoms with van der Waals surface area (Å²) in [6, 6.07) is 21.7. The van der Waals surface area contributed by atoms with Gasteiger partial charge in [0.25, 0.3) is 5.91 Å². The first-order chi connectivity index (χ1) is 16.5. The van der Waals surface area contributed by atoms with E-state index in [0.717, 1.165) is 5.56 Å². The molecule has 7 heteroatoms. The largest absolute Gasteiger partial charge is 0.338 e. The molecule has 0 spiro atoms. The number of carbonyl (C=O) groups is 2. The van der Waals surface area contributed by atoms with E-state index in [0.29, 0.717) is 34.2 Å². The molecule has 0 radical (unpaired) electrons. The fourth-order valence-electron chi connectivity index (χ4n) is 3.20. The van der Waals surface area contributed by atoms with E-state index < -0.39 is 0 Å². The number of rotatable bonds is 7. The van der Waals surface area contributed by atoms with Gasteiger partial charge in [0.1, 0.15) is 11.6 Å². The van der Waals surface area contributed by atoms with Crippen LogP contribution in [0.2, 0.25) is 0 Å². The number of benzene rings is 3. The van der Waals surface area contributed by atoms with Crippen molar-refractivity contribution in [2.24, 2.45) is 0 Å². The molecule has 168 valence electrons. The molecule has 0 aliphatic rings. The molecular weight excluding hydrogens is 431 g/mol. The zero-order chi connectivity index (χ0) is 23.9. The summed E-state index contributed by atoms with van der Waals surface area (Å²) in [6.07, 6.45) is 4.54. The fourth-order valence-corrected chi connectivity index (χ4v) is 3.20. The van der Waals surface area contributed by atoms with Gasteiger partial charge in [-0.1, -0.05) is 24.8 Å². The summed E-state index contributed by atoms with van der Waals surface area (Å²) in [6.45, 7) is 3.78. The Bertz CT molecular complexity index is 1340. The summed E-state index contributed by atoms with van der Waals surface area (Å²) in [5, 5.41) is 5.52. The Hall–Kier alpha value is -4.78. The molecule has 0 unspecified atom stereocenters. The lowest BCUT2D eigenvalue weighted by atomic mass is 10.1. The number of amides is 2. The summed E-state index contributed by atoms with van der Waals surface area (Å²) in [4.78, 5) is 32.2. The maximum absolute atomic E-state index is 13.0. The second kappa shape index (κ2) is 10.2. The van der Waals surface area contributed by atoms with Crippen LogP contribution in [0.3, 0.4) is 0 Å². The van der Waals surface area contributed by atoms with E-state index in [1.54, 1.807) is 36.4 Å². The van der Waals surface area contributed by atoms with Gasteiger partial charge in [0.05, 0.1) is 11.4 Å². The number of nitrogens with one attached hydrogen (secondary N) is 3. The lowest BCUT2D eigenvalue weighted by molar-refractivity contribution is -0.111. The normalized spacial score (nSPS) is 10.7. The Morgan fingerprint density at radius 1 is 0.882 bits per heavy atom. The standard InChI is InChI=1S/C27H21FN4O2/c1-2-23-24(16-17-25(33)29-21-14-10-20(28)11-15-21)32-26(31-23)18-8-12-22(13-9-18)30-27(34)19-6-4-3-5-7-19/h2-17H,1H2,(H,29,33)(H,30,34)(H,31,32). The van der Waals surface area contributed by atoms with E-state index in [1.807, 2.05) is 30.3 Å². The van der Waals surface area contributed by atoms with Crippen LogP contribution in [0.5, 0.6) is 0 Å². The summed E-state index contributed by atoms with van der Waals surface area (Å²) in [5.74, 6) is -0.335. The highest BCUT2D eigenvalue weighted by Gasteiger charge is 2.10. The van der Waals surface area contributed by atoms with Crippen molar-refractivity contribution in [1.29, 1.82) is 0 Å². The van der Waals surface area contributed by atoms with Crippen molar-refractivity contribution in [3.05, 3.63) is 114 Å². The lowest BCUT2D eigenvalue weighted by Gasteiger charge is -2.06. The first-order valence-electron chi connectivity index (χ1n) is 10.5. The first kappa shape index (κ1) is 22.4. The van der Waals surface area contributed by atoms with Gasteiger partial charge in [-0.25, -0.2) is 9.37 Å². The predicted molar refractivity (Wildman–Crippen MR) is 133 cm³/mol. The topological polar surface area (TPSA) is 86.9 Å². The zero-order valence-corrected chi connectivity index (χ0v) is 18.1. The van der Waals surface area contributed by atoms with Crippen molar-refractivity contribution in [2.45, 2.75) is 0 Å². The highest BCUT2D eigenvalue weighted by Crippen LogP contribution is 2.22. The van der Waals surface area contributed by atoms with Crippen LogP contribution >= 0.6 is 0 Å². The Labute approximate surface area is 195 Å². The van der Waals surface area contributed by atoms with Gasteiger partial charge in [-0.2, -0.15) is 0 Å². The number of carbonyl (C=O) groups excluding carboxylic acids is 2. The summed E-state index contributed by atoms with van der Waals surface area (Å²) in [7, 11) is 0. The number of nitrogens with zero attached hydrogens (tertiary/aromatic N) is 1. The monoisotopic (exact) mass is 452 g/mol. The SMILES string of the molecule is C=Cc1nc(-c2ccc(NC(=O)c3ccccc3)cc2)[nH]c1C=CC(=O)Nc1ccc(F)cc1. The van der Waals surface area contributed by atoms with Crippen molar-refractivity contribution in [3.8, 4) is 11.4 Å². The molecule has 0 bridgehead atoms. The van der Waals surface area contributed by atoms with Crippen LogP contribution in [0.4, 0.5) is 15.8 Å². The Morgan fingerprint density at radius 2 is 1.53 bits per heavy atom. The van der Waals surface area contributed by atoms with Crippen molar-refractivity contribution < 1.29 is 14.0 Å². The van der Waals surface area contributed by atoms with Crippen LogP contribution in [0, 0.1) is 5.82 Å². The van der Waals surface area contributed by atoms with Crippen molar-refractivity contribution in [2.75, 3.05) is 10.6 Å². The molecule has 3 aromatic carbocycles. The van der Waals surface area contributed by atoms with Gasteiger partial charge in [0.2, 0.25) is 5.91 Å². The van der Waals surface area contributed by atoms with E-state index in [-0.39, 0.29) is 17.6 Å². The van der Waals surface area contributed by atoms with E-state index >= 15 is 0 Å². The van der Waals surface area contributed by atoms with E-state index in [9.17, 15) is 14.0 Å². The van der Waals surface area contributed by atoms with E-state index in [1.165, 1.54) is 30.3 Å². The highest BCUT2D eigenvalue weighted by atomic mass is 19.1. The summed E-state index contributed by atoms with van der Waals surface area (Å²) < 4.78 is 13.0. The Morgan fingerprint density at radius 3 is 2.21 bits per heavy atom. The zero-order valence-electron chi connectivity index (χ0n) is 18.1. The molecule has 0 saturated heterocycles. The van der Waals surface area contributed by atoms with Gasteiger partial charge < -0.3 is 15.6 Å². The maximum atomic E-state index is 13.0. The molecule has 1 heterocycles. The van der Waals surface area contributed by atoms with Gasteiger partial charge in [0.15, 0.2) is 0 Å². The fraction of sp³-hybridized carbons (Fsp3) is 0. The quantitative estimate of drug-likeness (QED) is 0.312. The Balaban J connectivity index is 1.44.